The SMILES string of the molecule is O=C(c1ccc(F)c(F)c1F)N1C[C@H](O)CO1. The molecule has 0 unspecified atom stereocenters. The first-order valence-electron chi connectivity index (χ1n) is 4.77. The standard InChI is InChI=1S/C10H8F3NO3/c11-7-2-1-6(8(12)9(7)13)10(16)14-3-5(15)4-17-14/h1-2,5,15H,3-4H2/t5-/m0/s1. The van der Waals surface area contributed by atoms with Gasteiger partial charge in [-0.1, -0.05) is 0 Å². The Morgan fingerprint density at radius 2 is 2.06 bits per heavy atom. The van der Waals surface area contributed by atoms with Gasteiger partial charge in [0.05, 0.1) is 12.1 Å². The molecule has 7 heteroatoms. The summed E-state index contributed by atoms with van der Waals surface area (Å²) in [6.07, 6.45) is -0.868. The van der Waals surface area contributed by atoms with Gasteiger partial charge in [-0.15, -0.1) is 0 Å². The molecule has 4 nitrogen and oxygen atoms in total. The van der Waals surface area contributed by atoms with Crippen LogP contribution in [-0.2, 0) is 4.84 Å². The third-order valence-corrected chi connectivity index (χ3v) is 2.29. The van der Waals surface area contributed by atoms with Crippen LogP contribution >= 0.6 is 0 Å². The van der Waals surface area contributed by atoms with E-state index in [0.29, 0.717) is 11.1 Å². The highest BCUT2D eigenvalue weighted by Crippen LogP contribution is 2.18. The first kappa shape index (κ1) is 11.9. The molecule has 92 valence electrons. The van der Waals surface area contributed by atoms with Crippen molar-refractivity contribution < 1.29 is 27.9 Å². The molecule has 17 heavy (non-hydrogen) atoms. The van der Waals surface area contributed by atoms with Crippen molar-refractivity contribution in [1.29, 1.82) is 0 Å². The molecule has 1 atom stereocenters. The number of benzene rings is 1. The van der Waals surface area contributed by atoms with E-state index in [0.717, 1.165) is 6.07 Å². The number of aliphatic hydroxyl groups excluding tert-OH is 1. The minimum Gasteiger partial charge on any atom is -0.389 e. The number of hydroxylamine groups is 2. The van der Waals surface area contributed by atoms with E-state index in [9.17, 15) is 18.0 Å². The molecule has 1 aliphatic heterocycles. The van der Waals surface area contributed by atoms with Gasteiger partial charge >= 0.3 is 0 Å². The first-order chi connectivity index (χ1) is 8.00. The summed E-state index contributed by atoms with van der Waals surface area (Å²) >= 11 is 0. The molecule has 1 aliphatic rings. The van der Waals surface area contributed by atoms with Crippen molar-refractivity contribution in [3.63, 3.8) is 0 Å². The fraction of sp³-hybridized carbons (Fsp3) is 0.300. The molecular weight excluding hydrogens is 239 g/mol. The topological polar surface area (TPSA) is 49.8 Å². The summed E-state index contributed by atoms with van der Waals surface area (Å²) in [5.74, 6) is -5.62. The zero-order valence-corrected chi connectivity index (χ0v) is 8.49. The van der Waals surface area contributed by atoms with Crippen LogP contribution in [0.2, 0.25) is 0 Å². The van der Waals surface area contributed by atoms with E-state index < -0.39 is 35.0 Å². The van der Waals surface area contributed by atoms with Gasteiger partial charge < -0.3 is 5.11 Å². The molecule has 1 N–H and O–H groups in total. The van der Waals surface area contributed by atoms with Crippen LogP contribution in [0.3, 0.4) is 0 Å². The third-order valence-electron chi connectivity index (χ3n) is 2.29. The Morgan fingerprint density at radius 1 is 1.35 bits per heavy atom. The van der Waals surface area contributed by atoms with Gasteiger partial charge in [-0.2, -0.15) is 0 Å². The molecule has 0 aromatic heterocycles. The molecule has 1 amide bonds. The van der Waals surface area contributed by atoms with Crippen molar-refractivity contribution in [1.82, 2.24) is 5.06 Å². The Balaban J connectivity index is 2.29. The highest BCUT2D eigenvalue weighted by atomic mass is 19.2. The molecule has 2 rings (SSSR count). The van der Waals surface area contributed by atoms with E-state index in [-0.39, 0.29) is 13.2 Å². The summed E-state index contributed by atoms with van der Waals surface area (Å²) in [6.45, 7) is -0.242. The first-order valence-corrected chi connectivity index (χ1v) is 4.77. The summed E-state index contributed by atoms with van der Waals surface area (Å²) < 4.78 is 38.8. The lowest BCUT2D eigenvalue weighted by molar-refractivity contribution is -0.0782. The van der Waals surface area contributed by atoms with Gasteiger partial charge in [0.2, 0.25) is 0 Å². The molecule has 1 saturated heterocycles. The Kier molecular flexibility index (Phi) is 3.03. The van der Waals surface area contributed by atoms with E-state index in [1.807, 2.05) is 0 Å². The minimum absolute atomic E-state index is 0.100. The van der Waals surface area contributed by atoms with Gasteiger partial charge in [-0.25, -0.2) is 18.2 Å². The van der Waals surface area contributed by atoms with Crippen LogP contribution < -0.4 is 0 Å². The van der Waals surface area contributed by atoms with Gasteiger partial charge in [0.25, 0.3) is 5.91 Å². The van der Waals surface area contributed by atoms with E-state index in [1.54, 1.807) is 0 Å². The van der Waals surface area contributed by atoms with Crippen LogP contribution in [0.5, 0.6) is 0 Å². The molecule has 1 aromatic rings. The van der Waals surface area contributed by atoms with Gasteiger partial charge in [0.15, 0.2) is 17.5 Å². The maximum Gasteiger partial charge on any atom is 0.280 e. The van der Waals surface area contributed by atoms with Gasteiger partial charge in [0.1, 0.15) is 12.7 Å². The van der Waals surface area contributed by atoms with Gasteiger partial charge in [0, 0.05) is 0 Å². The van der Waals surface area contributed by atoms with Crippen molar-refractivity contribution >= 4 is 5.91 Å². The predicted octanol–water partition coefficient (Wildman–Crippen LogP) is 0.852. The summed E-state index contributed by atoms with van der Waals surface area (Å²) in [6, 6.07) is 1.47. The van der Waals surface area contributed by atoms with Crippen LogP contribution in [-0.4, -0.2) is 35.3 Å². The van der Waals surface area contributed by atoms with Crippen LogP contribution in [0.15, 0.2) is 12.1 Å². The number of halogens is 3. The molecule has 1 heterocycles. The van der Waals surface area contributed by atoms with E-state index >= 15 is 0 Å². The van der Waals surface area contributed by atoms with E-state index in [1.165, 1.54) is 0 Å². The normalized spacial score (nSPS) is 19.8. The zero-order chi connectivity index (χ0) is 12.6. The maximum absolute atomic E-state index is 13.3. The second-order valence-electron chi connectivity index (χ2n) is 3.54. The smallest absolute Gasteiger partial charge is 0.280 e. The summed E-state index contributed by atoms with van der Waals surface area (Å²) in [4.78, 5) is 16.4. The zero-order valence-electron chi connectivity index (χ0n) is 8.49. The largest absolute Gasteiger partial charge is 0.389 e. The van der Waals surface area contributed by atoms with Crippen molar-refractivity contribution in [2.75, 3.05) is 13.2 Å². The average Bonchev–Trinajstić information content (AvgIpc) is 2.72. The van der Waals surface area contributed by atoms with Gasteiger partial charge in [-0.3, -0.25) is 9.63 Å². The average molecular weight is 247 g/mol. The summed E-state index contributed by atoms with van der Waals surface area (Å²) in [5, 5.41) is 9.83. The van der Waals surface area contributed by atoms with Gasteiger partial charge in [-0.05, 0) is 12.1 Å². The minimum atomic E-state index is -1.71. The molecule has 0 spiro atoms. The highest BCUT2D eigenvalue weighted by Gasteiger charge is 2.30. The number of hydrogen-bond acceptors (Lipinski definition) is 3. The molecule has 1 aromatic carbocycles. The molecule has 0 bridgehead atoms. The van der Waals surface area contributed by atoms with Crippen LogP contribution in [0, 0.1) is 17.5 Å². The summed E-state index contributed by atoms with van der Waals surface area (Å²) in [5.41, 5.74) is -0.641. The number of hydrogen-bond donors (Lipinski definition) is 1. The number of β-amino-alcohol motifs (C(OH)–C–C–N with tert-alkyl or cyclic N) is 1. The summed E-state index contributed by atoms with van der Waals surface area (Å²) in [7, 11) is 0. The Bertz CT molecular complexity index is 466. The number of nitrogens with zero attached hydrogens (tertiary/aromatic N) is 1. The molecule has 0 saturated carbocycles. The third kappa shape index (κ3) is 2.11. The molecule has 1 fully saturated rings. The number of carbonyl (C=O) groups is 1. The second kappa shape index (κ2) is 4.34. The lowest BCUT2D eigenvalue weighted by Crippen LogP contribution is -2.29. The van der Waals surface area contributed by atoms with Crippen molar-refractivity contribution in [2.24, 2.45) is 0 Å². The second-order valence-corrected chi connectivity index (χ2v) is 3.54. The number of carbonyl (C=O) groups excluding carboxylic acids is 1. The maximum atomic E-state index is 13.3. The monoisotopic (exact) mass is 247 g/mol. The van der Waals surface area contributed by atoms with Crippen LogP contribution in [0.4, 0.5) is 13.2 Å². The van der Waals surface area contributed by atoms with Crippen LogP contribution in [0.1, 0.15) is 10.4 Å². The van der Waals surface area contributed by atoms with Crippen molar-refractivity contribution in [2.45, 2.75) is 6.10 Å². The Morgan fingerprint density at radius 3 is 2.65 bits per heavy atom. The highest BCUT2D eigenvalue weighted by molar-refractivity contribution is 5.94. The van der Waals surface area contributed by atoms with Crippen molar-refractivity contribution in [3.05, 3.63) is 35.1 Å². The van der Waals surface area contributed by atoms with E-state index in [2.05, 4.69) is 0 Å². The molecular formula is C10H8F3NO3. The predicted molar refractivity (Wildman–Crippen MR) is 49.3 cm³/mol. The van der Waals surface area contributed by atoms with E-state index in [4.69, 9.17) is 9.94 Å². The molecule has 0 aliphatic carbocycles. The Labute approximate surface area is 94.2 Å². The fourth-order valence-corrected chi connectivity index (χ4v) is 1.44. The van der Waals surface area contributed by atoms with Crippen LogP contribution in [0.25, 0.3) is 0 Å². The molecule has 0 radical (unpaired) electrons. The lowest BCUT2D eigenvalue weighted by Gasteiger charge is -2.14. The fourth-order valence-electron chi connectivity index (χ4n) is 1.44. The van der Waals surface area contributed by atoms with Crippen molar-refractivity contribution in [3.8, 4) is 0 Å². The quantitative estimate of drug-likeness (QED) is 0.748. The lowest BCUT2D eigenvalue weighted by atomic mass is 10.2. The Hall–Kier alpha value is -1.60. The number of aliphatic hydroxyl groups is 1. The number of amides is 1. The number of rotatable bonds is 1.